The van der Waals surface area contributed by atoms with Crippen LogP contribution in [-0.4, -0.2) is 47.6 Å². The number of hydrogen-bond donors (Lipinski definition) is 2. The summed E-state index contributed by atoms with van der Waals surface area (Å²) in [6.45, 7) is 5.76. The van der Waals surface area contributed by atoms with E-state index >= 15 is 0 Å². The lowest BCUT2D eigenvalue weighted by molar-refractivity contribution is 0.238. The molecule has 124 valence electrons. The van der Waals surface area contributed by atoms with Gasteiger partial charge in [0.15, 0.2) is 0 Å². The molecule has 0 aliphatic carbocycles. The van der Waals surface area contributed by atoms with Gasteiger partial charge in [-0.2, -0.15) is 0 Å². The molecule has 3 aromatic rings. The summed E-state index contributed by atoms with van der Waals surface area (Å²) < 4.78 is 0. The average molecular weight is 320 g/mol. The Morgan fingerprint density at radius 3 is 2.62 bits per heavy atom. The van der Waals surface area contributed by atoms with E-state index < -0.39 is 0 Å². The summed E-state index contributed by atoms with van der Waals surface area (Å²) in [5, 5.41) is 4.77. The summed E-state index contributed by atoms with van der Waals surface area (Å²) in [4.78, 5) is 10.3. The molecule has 3 heterocycles. The summed E-state index contributed by atoms with van der Waals surface area (Å²) in [6.07, 6.45) is 6.03. The molecule has 1 aliphatic rings. The van der Waals surface area contributed by atoms with E-state index in [1.165, 1.54) is 53.8 Å². The normalized spacial score (nSPS) is 15.8. The lowest BCUT2D eigenvalue weighted by Gasteiger charge is -2.27. The van der Waals surface area contributed by atoms with Gasteiger partial charge in [-0.15, -0.1) is 0 Å². The predicted molar refractivity (Wildman–Crippen MR) is 99.2 cm³/mol. The molecule has 2 aromatic heterocycles. The number of aromatic amines is 1. The molecule has 4 heteroatoms. The number of nitrogens with zero attached hydrogens (tertiary/aromatic N) is 2. The van der Waals surface area contributed by atoms with Crippen molar-refractivity contribution in [2.75, 3.05) is 32.7 Å². The van der Waals surface area contributed by atoms with Crippen molar-refractivity contribution in [3.8, 4) is 11.3 Å². The van der Waals surface area contributed by atoms with Gasteiger partial charge in [-0.1, -0.05) is 18.2 Å². The zero-order valence-electron chi connectivity index (χ0n) is 14.0. The Kier molecular flexibility index (Phi) is 4.58. The third-order valence-corrected chi connectivity index (χ3v) is 4.89. The number of nitrogens with one attached hydrogen (secondary N) is 2. The number of fused-ring (bicyclic) bond motifs is 1. The van der Waals surface area contributed by atoms with Crippen molar-refractivity contribution in [2.24, 2.45) is 0 Å². The highest BCUT2D eigenvalue weighted by atomic mass is 15.2. The number of para-hydroxylation sites is 1. The minimum Gasteiger partial charge on any atom is -0.354 e. The third kappa shape index (κ3) is 3.21. The first-order valence-electron chi connectivity index (χ1n) is 8.85. The summed E-state index contributed by atoms with van der Waals surface area (Å²) in [5.41, 5.74) is 5.13. The van der Waals surface area contributed by atoms with Crippen LogP contribution in [0.25, 0.3) is 22.2 Å². The van der Waals surface area contributed by atoms with Gasteiger partial charge < -0.3 is 15.2 Å². The molecular weight excluding hydrogens is 296 g/mol. The molecule has 4 nitrogen and oxygen atoms in total. The van der Waals surface area contributed by atoms with Crippen LogP contribution in [0.15, 0.2) is 48.8 Å². The quantitative estimate of drug-likeness (QED) is 0.759. The second kappa shape index (κ2) is 7.16. The number of aryl methyl sites for hydroxylation is 1. The zero-order valence-corrected chi connectivity index (χ0v) is 14.0. The number of H-pyrrole nitrogens is 1. The van der Waals surface area contributed by atoms with Crippen LogP contribution in [0.5, 0.6) is 0 Å². The molecule has 0 atom stereocenters. The second-order valence-corrected chi connectivity index (χ2v) is 6.46. The first-order valence-corrected chi connectivity index (χ1v) is 8.85. The Hall–Kier alpha value is -2.17. The van der Waals surface area contributed by atoms with Gasteiger partial charge in [0.1, 0.15) is 0 Å². The molecule has 1 aromatic carbocycles. The topological polar surface area (TPSA) is 44.0 Å². The first-order chi connectivity index (χ1) is 11.9. The van der Waals surface area contributed by atoms with Crippen molar-refractivity contribution in [1.29, 1.82) is 0 Å². The highest BCUT2D eigenvalue weighted by Crippen LogP contribution is 2.31. The van der Waals surface area contributed by atoms with Crippen LogP contribution in [0.4, 0.5) is 0 Å². The fourth-order valence-electron chi connectivity index (χ4n) is 3.64. The SMILES string of the molecule is c1ccc2c(CCCN3CCNCC3)c(-c3ccncc3)[nH]c2c1. The fraction of sp³-hybridized carbons (Fsp3) is 0.350. The van der Waals surface area contributed by atoms with E-state index in [4.69, 9.17) is 0 Å². The van der Waals surface area contributed by atoms with Gasteiger partial charge in [0.2, 0.25) is 0 Å². The smallest absolute Gasteiger partial charge is 0.0498 e. The molecule has 1 fully saturated rings. The van der Waals surface area contributed by atoms with Gasteiger partial charge in [-0.25, -0.2) is 0 Å². The number of pyridine rings is 1. The fourth-order valence-corrected chi connectivity index (χ4v) is 3.64. The van der Waals surface area contributed by atoms with Gasteiger partial charge in [0, 0.05) is 60.7 Å². The number of benzene rings is 1. The summed E-state index contributed by atoms with van der Waals surface area (Å²) >= 11 is 0. The molecule has 4 rings (SSSR count). The van der Waals surface area contributed by atoms with Gasteiger partial charge in [-0.3, -0.25) is 4.98 Å². The molecule has 1 aliphatic heterocycles. The van der Waals surface area contributed by atoms with Crippen molar-refractivity contribution in [2.45, 2.75) is 12.8 Å². The van der Waals surface area contributed by atoms with Crippen LogP contribution < -0.4 is 5.32 Å². The molecule has 0 saturated carbocycles. The van der Waals surface area contributed by atoms with Crippen molar-refractivity contribution in [1.82, 2.24) is 20.2 Å². The summed E-state index contributed by atoms with van der Waals surface area (Å²) in [5.74, 6) is 0. The van der Waals surface area contributed by atoms with Crippen molar-refractivity contribution in [3.63, 3.8) is 0 Å². The Balaban J connectivity index is 1.58. The van der Waals surface area contributed by atoms with Gasteiger partial charge in [0.05, 0.1) is 0 Å². The van der Waals surface area contributed by atoms with Crippen LogP contribution in [0.2, 0.25) is 0 Å². The minimum atomic E-state index is 1.10. The van der Waals surface area contributed by atoms with Gasteiger partial charge >= 0.3 is 0 Å². The number of rotatable bonds is 5. The minimum absolute atomic E-state index is 1.10. The van der Waals surface area contributed by atoms with E-state index in [2.05, 4.69) is 56.6 Å². The van der Waals surface area contributed by atoms with Gasteiger partial charge in [-0.05, 0) is 43.1 Å². The van der Waals surface area contributed by atoms with Crippen LogP contribution in [0.3, 0.4) is 0 Å². The number of hydrogen-bond acceptors (Lipinski definition) is 3. The van der Waals surface area contributed by atoms with Crippen LogP contribution in [-0.2, 0) is 6.42 Å². The zero-order chi connectivity index (χ0) is 16.2. The van der Waals surface area contributed by atoms with Crippen LogP contribution in [0.1, 0.15) is 12.0 Å². The molecule has 24 heavy (non-hydrogen) atoms. The molecule has 0 unspecified atom stereocenters. The first kappa shape index (κ1) is 15.4. The van der Waals surface area contributed by atoms with E-state index in [9.17, 15) is 0 Å². The Bertz CT molecular complexity index is 788. The molecular formula is C20H24N4. The number of aromatic nitrogens is 2. The lowest BCUT2D eigenvalue weighted by atomic mass is 10.0. The lowest BCUT2D eigenvalue weighted by Crippen LogP contribution is -2.43. The monoisotopic (exact) mass is 320 g/mol. The van der Waals surface area contributed by atoms with Crippen molar-refractivity contribution in [3.05, 3.63) is 54.4 Å². The van der Waals surface area contributed by atoms with E-state index in [1.54, 1.807) is 0 Å². The largest absolute Gasteiger partial charge is 0.354 e. The Morgan fingerprint density at radius 2 is 1.79 bits per heavy atom. The molecule has 2 N–H and O–H groups in total. The van der Waals surface area contributed by atoms with E-state index in [0.29, 0.717) is 0 Å². The Morgan fingerprint density at radius 1 is 1.00 bits per heavy atom. The number of piperazine rings is 1. The van der Waals surface area contributed by atoms with Gasteiger partial charge in [0.25, 0.3) is 0 Å². The standard InChI is InChI=1S/C20H24N4/c1-2-6-19-17(4-1)18(5-3-13-24-14-11-22-12-15-24)20(23-19)16-7-9-21-10-8-16/h1-2,4,6-10,22-23H,3,5,11-15H2. The maximum atomic E-state index is 4.15. The van der Waals surface area contributed by atoms with E-state index in [1.807, 2.05) is 12.4 Å². The maximum absolute atomic E-state index is 4.15. The van der Waals surface area contributed by atoms with Crippen LogP contribution >= 0.6 is 0 Å². The Labute approximate surface area is 142 Å². The molecule has 0 bridgehead atoms. The molecule has 0 amide bonds. The van der Waals surface area contributed by atoms with Crippen molar-refractivity contribution >= 4 is 10.9 Å². The highest BCUT2D eigenvalue weighted by molar-refractivity contribution is 5.90. The molecule has 1 saturated heterocycles. The maximum Gasteiger partial charge on any atom is 0.0498 e. The predicted octanol–water partition coefficient (Wildman–Crippen LogP) is 3.07. The second-order valence-electron chi connectivity index (χ2n) is 6.46. The highest BCUT2D eigenvalue weighted by Gasteiger charge is 2.14. The molecule has 0 spiro atoms. The molecule has 0 radical (unpaired) electrons. The van der Waals surface area contributed by atoms with E-state index in [0.717, 1.165) is 19.5 Å². The van der Waals surface area contributed by atoms with E-state index in [-0.39, 0.29) is 0 Å². The van der Waals surface area contributed by atoms with Crippen molar-refractivity contribution < 1.29 is 0 Å². The van der Waals surface area contributed by atoms with Crippen LogP contribution in [0, 0.1) is 0 Å². The third-order valence-electron chi connectivity index (χ3n) is 4.89. The summed E-state index contributed by atoms with van der Waals surface area (Å²) in [7, 11) is 0. The average Bonchev–Trinajstić information content (AvgIpc) is 3.02. The summed E-state index contributed by atoms with van der Waals surface area (Å²) in [6, 6.07) is 12.8.